The first-order valence-corrected chi connectivity index (χ1v) is 8.07. The average molecular weight is 273 g/mol. The van der Waals surface area contributed by atoms with Crippen LogP contribution in [-0.2, 0) is 14.6 Å². The molecule has 2 heterocycles. The molecule has 7 heteroatoms. The number of hydrogen-bond donors (Lipinski definition) is 1. The molecule has 102 valence electrons. The van der Waals surface area contributed by atoms with Crippen LogP contribution in [0.25, 0.3) is 0 Å². The maximum Gasteiger partial charge on any atom is 0.289 e. The highest BCUT2D eigenvalue weighted by Crippen LogP contribution is 2.18. The first kappa shape index (κ1) is 13.3. The summed E-state index contributed by atoms with van der Waals surface area (Å²) in [5, 5.41) is 3.02. The molecule has 0 saturated carbocycles. The second-order valence-corrected chi connectivity index (χ2v) is 7.11. The second kappa shape index (κ2) is 4.87. The lowest BCUT2D eigenvalue weighted by atomic mass is 10.2. The number of amides is 1. The third kappa shape index (κ3) is 2.66. The molecular formula is C11H19N3O3S. The Kier molecular flexibility index (Phi) is 3.61. The molecule has 6 nitrogen and oxygen atoms in total. The molecule has 1 fully saturated rings. The molecule has 2 atom stereocenters. The van der Waals surface area contributed by atoms with Gasteiger partial charge < -0.3 is 10.2 Å². The Bertz CT molecular complexity index is 472. The molecule has 1 amide bonds. The van der Waals surface area contributed by atoms with E-state index < -0.39 is 9.84 Å². The molecule has 0 spiro atoms. The third-order valence-electron chi connectivity index (χ3n) is 3.36. The fourth-order valence-corrected chi connectivity index (χ4v) is 4.14. The molecule has 2 aliphatic heterocycles. The lowest BCUT2D eigenvalue weighted by Crippen LogP contribution is -2.48. The number of nitrogens with zero attached hydrogens (tertiary/aromatic N) is 2. The topological polar surface area (TPSA) is 78.8 Å². The minimum Gasteiger partial charge on any atom is -0.361 e. The standard InChI is InChI=1S/C11H19N3O3S/c1-3-14(9-4-5-18(16,17)7-9)11(15)10-12-6-8(2)13-10/h8-9H,3-7H2,1-2H3,(H,12,13). The van der Waals surface area contributed by atoms with Crippen LogP contribution >= 0.6 is 0 Å². The van der Waals surface area contributed by atoms with E-state index in [-0.39, 0.29) is 29.5 Å². The van der Waals surface area contributed by atoms with Gasteiger partial charge in [0.25, 0.3) is 5.91 Å². The quantitative estimate of drug-likeness (QED) is 0.745. The number of sulfone groups is 1. The molecule has 18 heavy (non-hydrogen) atoms. The summed E-state index contributed by atoms with van der Waals surface area (Å²) >= 11 is 0. The molecular weight excluding hydrogens is 254 g/mol. The number of rotatable bonds is 3. The fourth-order valence-electron chi connectivity index (χ4n) is 2.41. The Morgan fingerprint density at radius 3 is 2.72 bits per heavy atom. The third-order valence-corrected chi connectivity index (χ3v) is 5.11. The number of nitrogens with one attached hydrogen (secondary N) is 1. The van der Waals surface area contributed by atoms with E-state index in [9.17, 15) is 13.2 Å². The van der Waals surface area contributed by atoms with Crippen LogP contribution in [0.2, 0.25) is 0 Å². The van der Waals surface area contributed by atoms with Crippen molar-refractivity contribution in [2.75, 3.05) is 24.6 Å². The van der Waals surface area contributed by atoms with Gasteiger partial charge in [-0.1, -0.05) is 0 Å². The van der Waals surface area contributed by atoms with Crippen LogP contribution in [0.1, 0.15) is 20.3 Å². The van der Waals surface area contributed by atoms with E-state index in [4.69, 9.17) is 0 Å². The molecule has 0 aromatic carbocycles. The Labute approximate surface area is 107 Å². The number of aliphatic imine (C=N–C) groups is 1. The Morgan fingerprint density at radius 1 is 1.56 bits per heavy atom. The molecule has 1 saturated heterocycles. The van der Waals surface area contributed by atoms with E-state index >= 15 is 0 Å². The highest BCUT2D eigenvalue weighted by molar-refractivity contribution is 7.91. The van der Waals surface area contributed by atoms with Crippen molar-refractivity contribution in [1.82, 2.24) is 10.2 Å². The summed E-state index contributed by atoms with van der Waals surface area (Å²) in [5.74, 6) is 0.449. The monoisotopic (exact) mass is 273 g/mol. The van der Waals surface area contributed by atoms with E-state index in [1.54, 1.807) is 4.90 Å². The second-order valence-electron chi connectivity index (χ2n) is 4.88. The van der Waals surface area contributed by atoms with E-state index in [1.807, 2.05) is 13.8 Å². The maximum atomic E-state index is 12.3. The zero-order valence-electron chi connectivity index (χ0n) is 10.7. The van der Waals surface area contributed by atoms with Gasteiger partial charge in [0.1, 0.15) is 0 Å². The van der Waals surface area contributed by atoms with Crippen LogP contribution in [0.4, 0.5) is 0 Å². The van der Waals surface area contributed by atoms with Crippen molar-refractivity contribution in [3.63, 3.8) is 0 Å². The van der Waals surface area contributed by atoms with Crippen molar-refractivity contribution in [1.29, 1.82) is 0 Å². The van der Waals surface area contributed by atoms with Crippen LogP contribution in [0.5, 0.6) is 0 Å². The van der Waals surface area contributed by atoms with Gasteiger partial charge in [0.05, 0.1) is 18.1 Å². The summed E-state index contributed by atoms with van der Waals surface area (Å²) in [4.78, 5) is 18.0. The van der Waals surface area contributed by atoms with Gasteiger partial charge in [-0.3, -0.25) is 9.79 Å². The number of carbonyl (C=O) groups excluding carboxylic acids is 1. The summed E-state index contributed by atoms with van der Waals surface area (Å²) in [7, 11) is -2.97. The number of amidine groups is 1. The number of hydrogen-bond acceptors (Lipinski definition) is 5. The first-order chi connectivity index (χ1) is 8.43. The molecule has 2 aliphatic rings. The summed E-state index contributed by atoms with van der Waals surface area (Å²) in [6, 6.07) is -0.0251. The minimum absolute atomic E-state index is 0.0788. The Morgan fingerprint density at radius 2 is 2.28 bits per heavy atom. The van der Waals surface area contributed by atoms with E-state index in [1.165, 1.54) is 0 Å². The number of likely N-dealkylation sites (N-methyl/N-ethyl adjacent to an activating group) is 1. The molecule has 2 rings (SSSR count). The molecule has 1 N–H and O–H groups in total. The van der Waals surface area contributed by atoms with Gasteiger partial charge >= 0.3 is 0 Å². The van der Waals surface area contributed by atoms with Crippen molar-refractivity contribution >= 4 is 21.6 Å². The smallest absolute Gasteiger partial charge is 0.289 e. The number of carbonyl (C=O) groups is 1. The Balaban J connectivity index is 2.08. The van der Waals surface area contributed by atoms with Crippen LogP contribution in [0.3, 0.4) is 0 Å². The van der Waals surface area contributed by atoms with Crippen molar-refractivity contribution in [2.45, 2.75) is 32.4 Å². The van der Waals surface area contributed by atoms with Gasteiger partial charge in [-0.25, -0.2) is 8.42 Å². The largest absolute Gasteiger partial charge is 0.361 e. The summed E-state index contributed by atoms with van der Waals surface area (Å²) in [6.07, 6.45) is 0.532. The van der Waals surface area contributed by atoms with Gasteiger partial charge in [0.2, 0.25) is 0 Å². The van der Waals surface area contributed by atoms with Crippen molar-refractivity contribution < 1.29 is 13.2 Å². The molecule has 0 aromatic rings. The zero-order chi connectivity index (χ0) is 13.3. The molecule has 2 unspecified atom stereocenters. The highest BCUT2D eigenvalue weighted by Gasteiger charge is 2.36. The van der Waals surface area contributed by atoms with Crippen LogP contribution in [0, 0.1) is 0 Å². The first-order valence-electron chi connectivity index (χ1n) is 6.25. The maximum absolute atomic E-state index is 12.3. The molecule has 0 radical (unpaired) electrons. The lowest BCUT2D eigenvalue weighted by molar-refractivity contribution is -0.125. The summed E-state index contributed by atoms with van der Waals surface area (Å²) < 4.78 is 22.9. The van der Waals surface area contributed by atoms with E-state index in [0.717, 1.165) is 0 Å². The summed E-state index contributed by atoms with van der Waals surface area (Å²) in [6.45, 7) is 4.93. The van der Waals surface area contributed by atoms with Gasteiger partial charge in [-0.2, -0.15) is 0 Å². The van der Waals surface area contributed by atoms with Gasteiger partial charge in [0.15, 0.2) is 15.7 Å². The highest BCUT2D eigenvalue weighted by atomic mass is 32.2. The Hall–Kier alpha value is -1.11. The van der Waals surface area contributed by atoms with E-state index in [0.29, 0.717) is 25.3 Å². The van der Waals surface area contributed by atoms with E-state index in [2.05, 4.69) is 10.3 Å². The zero-order valence-corrected chi connectivity index (χ0v) is 11.5. The van der Waals surface area contributed by atoms with Crippen molar-refractivity contribution in [3.8, 4) is 0 Å². The van der Waals surface area contributed by atoms with Crippen LogP contribution in [0.15, 0.2) is 4.99 Å². The minimum atomic E-state index is -2.97. The predicted octanol–water partition coefficient (Wildman–Crippen LogP) is -0.588. The van der Waals surface area contributed by atoms with Gasteiger partial charge in [-0.05, 0) is 20.3 Å². The molecule has 0 aliphatic carbocycles. The fraction of sp³-hybridized carbons (Fsp3) is 0.818. The average Bonchev–Trinajstić information content (AvgIpc) is 2.86. The lowest BCUT2D eigenvalue weighted by Gasteiger charge is -2.26. The van der Waals surface area contributed by atoms with Crippen LogP contribution in [-0.4, -0.2) is 61.7 Å². The normalized spacial score (nSPS) is 29.8. The van der Waals surface area contributed by atoms with Crippen molar-refractivity contribution in [2.24, 2.45) is 4.99 Å². The summed E-state index contributed by atoms with van der Waals surface area (Å²) in [5.41, 5.74) is 0. The van der Waals surface area contributed by atoms with Crippen molar-refractivity contribution in [3.05, 3.63) is 0 Å². The SMILES string of the molecule is CCN(C(=O)C1=NCC(C)N1)C1CCS(=O)(=O)C1. The molecule has 0 bridgehead atoms. The van der Waals surface area contributed by atoms with Gasteiger partial charge in [-0.15, -0.1) is 0 Å². The van der Waals surface area contributed by atoms with Gasteiger partial charge in [0, 0.05) is 18.6 Å². The van der Waals surface area contributed by atoms with Crippen LogP contribution < -0.4 is 5.32 Å². The predicted molar refractivity (Wildman–Crippen MR) is 69.3 cm³/mol. The molecule has 0 aromatic heterocycles.